The third kappa shape index (κ3) is 3.90. The molecule has 2 aromatic carbocycles. The maximum atomic E-state index is 2.33. The van der Waals surface area contributed by atoms with Crippen LogP contribution in [0.1, 0.15) is 43.0 Å². The molecule has 0 amide bonds. The van der Waals surface area contributed by atoms with Crippen LogP contribution < -0.4 is 24.8 Å². The summed E-state index contributed by atoms with van der Waals surface area (Å²) in [6.07, 6.45) is 0. The molecule has 0 spiro atoms. The molecule has 0 aliphatic rings. The Labute approximate surface area is 148 Å². The Hall–Kier alpha value is 0.293. The van der Waals surface area contributed by atoms with Crippen molar-refractivity contribution in [3.63, 3.8) is 0 Å². The fraction of sp³-hybridized carbons (Fsp3) is 0.438. The van der Waals surface area contributed by atoms with E-state index in [9.17, 15) is 0 Å². The van der Waals surface area contributed by atoms with E-state index in [1.54, 1.807) is 0 Å². The number of benzene rings is 1. The summed E-state index contributed by atoms with van der Waals surface area (Å²) in [5.41, 5.74) is 5.94. The van der Waals surface area contributed by atoms with Gasteiger partial charge in [0.25, 0.3) is 0 Å². The minimum atomic E-state index is 0. The number of halogens is 2. The molecular formula is C16H21Cl2Zr. The molecule has 0 heterocycles. The van der Waals surface area contributed by atoms with E-state index in [4.69, 9.17) is 0 Å². The molecule has 103 valence electrons. The summed E-state index contributed by atoms with van der Waals surface area (Å²) in [7, 11) is 0. The van der Waals surface area contributed by atoms with Crippen molar-refractivity contribution in [3.05, 3.63) is 40.5 Å². The molecule has 19 heavy (non-hydrogen) atoms. The Morgan fingerprint density at radius 1 is 0.947 bits per heavy atom. The molecule has 0 aromatic heterocycles. The zero-order valence-electron chi connectivity index (χ0n) is 12.5. The summed E-state index contributed by atoms with van der Waals surface area (Å²) < 4.78 is 0. The maximum Gasteiger partial charge on any atom is 3.00 e. The van der Waals surface area contributed by atoms with E-state index in [1.165, 1.54) is 33.0 Å². The second kappa shape index (κ2) is 7.34. The third-order valence-corrected chi connectivity index (χ3v) is 3.60. The number of fused-ring (bicyclic) bond motifs is 1. The van der Waals surface area contributed by atoms with E-state index >= 15 is 0 Å². The van der Waals surface area contributed by atoms with Crippen molar-refractivity contribution in [2.24, 2.45) is 0 Å². The van der Waals surface area contributed by atoms with Crippen LogP contribution in [0.2, 0.25) is 0 Å². The van der Waals surface area contributed by atoms with Crippen LogP contribution in [0.15, 0.2) is 18.2 Å². The molecule has 0 N–H and O–H groups in total. The van der Waals surface area contributed by atoms with Gasteiger partial charge in [-0.1, -0.05) is 53.2 Å². The van der Waals surface area contributed by atoms with Gasteiger partial charge in [-0.15, -0.1) is 34.0 Å². The first kappa shape index (κ1) is 21.6. The molecule has 2 rings (SSSR count). The molecule has 0 aliphatic carbocycles. The van der Waals surface area contributed by atoms with Gasteiger partial charge in [0.15, 0.2) is 0 Å². The van der Waals surface area contributed by atoms with E-state index < -0.39 is 0 Å². The fourth-order valence-electron chi connectivity index (χ4n) is 2.46. The van der Waals surface area contributed by atoms with Crippen molar-refractivity contribution in [2.75, 3.05) is 0 Å². The monoisotopic (exact) mass is 373 g/mol. The van der Waals surface area contributed by atoms with Gasteiger partial charge in [0.05, 0.1) is 0 Å². The van der Waals surface area contributed by atoms with Crippen molar-refractivity contribution in [3.8, 4) is 0 Å². The van der Waals surface area contributed by atoms with Gasteiger partial charge in [0, 0.05) is 0 Å². The van der Waals surface area contributed by atoms with E-state index in [1.807, 2.05) is 0 Å². The van der Waals surface area contributed by atoms with E-state index in [2.05, 4.69) is 59.7 Å². The Bertz CT molecular complexity index is 548. The van der Waals surface area contributed by atoms with Crippen LogP contribution in [-0.4, -0.2) is 0 Å². The van der Waals surface area contributed by atoms with Gasteiger partial charge < -0.3 is 24.8 Å². The molecule has 0 bridgehead atoms. The van der Waals surface area contributed by atoms with Crippen LogP contribution >= 0.6 is 0 Å². The van der Waals surface area contributed by atoms with Crippen LogP contribution in [0.5, 0.6) is 0 Å². The zero-order chi connectivity index (χ0) is 12.1. The van der Waals surface area contributed by atoms with Crippen molar-refractivity contribution in [1.29, 1.82) is 0 Å². The van der Waals surface area contributed by atoms with Gasteiger partial charge in [0.1, 0.15) is 0 Å². The van der Waals surface area contributed by atoms with Crippen molar-refractivity contribution >= 4 is 10.8 Å². The van der Waals surface area contributed by atoms with Gasteiger partial charge in [-0.2, -0.15) is 5.56 Å². The van der Waals surface area contributed by atoms with Crippen LogP contribution in [0.4, 0.5) is 0 Å². The smallest absolute Gasteiger partial charge is 1.00 e. The predicted molar refractivity (Wildman–Crippen MR) is 72.5 cm³/mol. The quantitative estimate of drug-likeness (QED) is 0.507. The van der Waals surface area contributed by atoms with Crippen molar-refractivity contribution in [2.45, 2.75) is 47.0 Å². The van der Waals surface area contributed by atoms with Crippen LogP contribution in [0, 0.1) is 20.8 Å². The zero-order valence-corrected chi connectivity index (χ0v) is 16.5. The molecule has 0 saturated carbocycles. The first-order chi connectivity index (χ1) is 7.32. The fourth-order valence-corrected chi connectivity index (χ4v) is 2.46. The second-order valence-corrected chi connectivity index (χ2v) is 5.92. The normalized spacial score (nSPS) is 10.4. The molecule has 0 aliphatic heterocycles. The Kier molecular flexibility index (Phi) is 8.34. The van der Waals surface area contributed by atoms with Crippen molar-refractivity contribution < 1.29 is 51.0 Å². The predicted octanol–water partition coefficient (Wildman–Crippen LogP) is -1.21. The molecular weight excluding hydrogens is 354 g/mol. The maximum absolute atomic E-state index is 2.33. The number of hydrogen-bond acceptors (Lipinski definition) is 0. The van der Waals surface area contributed by atoms with Gasteiger partial charge >= 0.3 is 26.2 Å². The molecule has 0 fully saturated rings. The average molecular weight is 375 g/mol. The molecule has 2 aromatic rings. The van der Waals surface area contributed by atoms with Crippen LogP contribution in [-0.2, 0) is 31.6 Å². The molecule has 1 radical (unpaired) electrons. The van der Waals surface area contributed by atoms with E-state index in [0.717, 1.165) is 0 Å². The van der Waals surface area contributed by atoms with Crippen molar-refractivity contribution in [1.82, 2.24) is 0 Å². The number of rotatable bonds is 0. The summed E-state index contributed by atoms with van der Waals surface area (Å²) in [4.78, 5) is 0. The SMILES string of the molecule is Cc1[cH-]c2c(C)ccc(C(C)(C)C)c2c1C.[Cl-].[Cl-].[Zr+3]. The van der Waals surface area contributed by atoms with E-state index in [0.29, 0.717) is 0 Å². The summed E-state index contributed by atoms with van der Waals surface area (Å²) in [5, 5.41) is 2.91. The minimum Gasteiger partial charge on any atom is -1.00 e. The number of hydrogen-bond donors (Lipinski definition) is 0. The number of aryl methyl sites for hydroxylation is 3. The Morgan fingerprint density at radius 3 is 1.95 bits per heavy atom. The van der Waals surface area contributed by atoms with E-state index in [-0.39, 0.29) is 56.4 Å². The Morgan fingerprint density at radius 2 is 1.47 bits per heavy atom. The minimum absolute atomic E-state index is 0. The van der Waals surface area contributed by atoms with Gasteiger partial charge in [-0.25, -0.2) is 0 Å². The third-order valence-electron chi connectivity index (χ3n) is 3.60. The Balaban J connectivity index is 0. The van der Waals surface area contributed by atoms with Gasteiger partial charge in [0.2, 0.25) is 0 Å². The average Bonchev–Trinajstić information content (AvgIpc) is 2.44. The molecule has 0 unspecified atom stereocenters. The van der Waals surface area contributed by atoms with Crippen LogP contribution in [0.3, 0.4) is 0 Å². The molecule has 0 atom stereocenters. The molecule has 3 heteroatoms. The summed E-state index contributed by atoms with van der Waals surface area (Å²) in [6, 6.07) is 6.88. The summed E-state index contributed by atoms with van der Waals surface area (Å²) in [5.74, 6) is 0. The summed E-state index contributed by atoms with van der Waals surface area (Å²) >= 11 is 0. The first-order valence-corrected chi connectivity index (χ1v) is 5.99. The topological polar surface area (TPSA) is 0 Å². The molecule has 0 nitrogen and oxygen atoms in total. The largest absolute Gasteiger partial charge is 3.00 e. The van der Waals surface area contributed by atoms with Crippen LogP contribution in [0.25, 0.3) is 10.8 Å². The standard InChI is InChI=1S/C16H21.2ClH.Zr/c1-10-7-8-14(16(4,5)6)15-12(3)11(2)9-13(10)15;;;/h7-9H,1-6H3;2*1H;/q-1;;;+3/p-2. The first-order valence-electron chi connectivity index (χ1n) is 5.99. The molecule has 0 saturated heterocycles. The summed E-state index contributed by atoms with van der Waals surface area (Å²) in [6.45, 7) is 13.5. The van der Waals surface area contributed by atoms with Gasteiger partial charge in [-0.05, 0) is 5.41 Å². The van der Waals surface area contributed by atoms with Gasteiger partial charge in [-0.3, -0.25) is 0 Å². The second-order valence-electron chi connectivity index (χ2n) is 5.92.